The van der Waals surface area contributed by atoms with Crippen molar-refractivity contribution < 1.29 is 9.59 Å². The number of aromatic nitrogens is 1. The van der Waals surface area contributed by atoms with Crippen molar-refractivity contribution in [2.75, 3.05) is 36.4 Å². The van der Waals surface area contributed by atoms with Crippen LogP contribution in [0.3, 0.4) is 0 Å². The summed E-state index contributed by atoms with van der Waals surface area (Å²) in [6.07, 6.45) is 6.72. The molecule has 0 bridgehead atoms. The number of carbonyl (C=O) groups excluding carboxylic acids is 2. The van der Waals surface area contributed by atoms with E-state index < -0.39 is 0 Å². The van der Waals surface area contributed by atoms with Gasteiger partial charge in [0.25, 0.3) is 0 Å². The number of amides is 3. The Bertz CT molecular complexity index is 905. The lowest BCUT2D eigenvalue weighted by Gasteiger charge is -2.36. The fraction of sp³-hybridized carbons (Fsp3) is 0.522. The van der Waals surface area contributed by atoms with Gasteiger partial charge in [-0.3, -0.25) is 10.1 Å². The van der Waals surface area contributed by atoms with Crippen LogP contribution in [0.5, 0.6) is 0 Å². The fourth-order valence-corrected chi connectivity index (χ4v) is 5.17. The minimum Gasteiger partial charge on any atom is -0.368 e. The highest BCUT2D eigenvalue weighted by Crippen LogP contribution is 2.21. The van der Waals surface area contributed by atoms with Crippen molar-refractivity contribution in [1.82, 2.24) is 15.2 Å². The van der Waals surface area contributed by atoms with Crippen molar-refractivity contribution >= 4 is 45.7 Å². The quantitative estimate of drug-likeness (QED) is 0.643. The smallest absolute Gasteiger partial charge is 0.321 e. The van der Waals surface area contributed by atoms with Gasteiger partial charge in [-0.05, 0) is 43.5 Å². The molecule has 0 radical (unpaired) electrons. The second-order valence-electron chi connectivity index (χ2n) is 8.42. The molecule has 1 saturated carbocycles. The Morgan fingerprint density at radius 3 is 2.50 bits per heavy atom. The molecule has 4 rings (SSSR count). The molecule has 172 valence electrons. The molecule has 7 nitrogen and oxygen atoms in total. The summed E-state index contributed by atoms with van der Waals surface area (Å²) in [5.41, 5.74) is 1.98. The molecule has 1 saturated heterocycles. The van der Waals surface area contributed by atoms with Crippen molar-refractivity contribution in [3.8, 4) is 0 Å². The van der Waals surface area contributed by atoms with Crippen LogP contribution in [-0.4, -0.2) is 54.0 Å². The SMILES string of the molecule is O=C(Nc1nc(CCC(=O)N2CCN(c3ccc(Cl)cc3)CC2)cs1)NC1CCCCC1. The van der Waals surface area contributed by atoms with E-state index in [9.17, 15) is 9.59 Å². The van der Waals surface area contributed by atoms with Gasteiger partial charge in [-0.2, -0.15) is 0 Å². The van der Waals surface area contributed by atoms with Crippen molar-refractivity contribution in [3.05, 3.63) is 40.4 Å². The van der Waals surface area contributed by atoms with Gasteiger partial charge in [0.1, 0.15) is 0 Å². The number of hydrogen-bond donors (Lipinski definition) is 2. The number of anilines is 2. The highest BCUT2D eigenvalue weighted by Gasteiger charge is 2.21. The topological polar surface area (TPSA) is 77.6 Å². The van der Waals surface area contributed by atoms with Crippen LogP contribution in [0.15, 0.2) is 29.6 Å². The van der Waals surface area contributed by atoms with Crippen LogP contribution in [0.4, 0.5) is 15.6 Å². The lowest BCUT2D eigenvalue weighted by molar-refractivity contribution is -0.131. The first kappa shape index (κ1) is 22.9. The van der Waals surface area contributed by atoms with Crippen LogP contribution in [0.25, 0.3) is 0 Å². The first-order valence-electron chi connectivity index (χ1n) is 11.4. The Kier molecular flexibility index (Phi) is 7.86. The summed E-state index contributed by atoms with van der Waals surface area (Å²) in [7, 11) is 0. The minimum atomic E-state index is -0.188. The van der Waals surface area contributed by atoms with Gasteiger partial charge >= 0.3 is 6.03 Å². The normalized spacial score (nSPS) is 17.3. The highest BCUT2D eigenvalue weighted by atomic mass is 35.5. The molecular weight excluding hydrogens is 446 g/mol. The lowest BCUT2D eigenvalue weighted by atomic mass is 9.96. The maximum atomic E-state index is 12.7. The van der Waals surface area contributed by atoms with Gasteiger partial charge in [-0.15, -0.1) is 11.3 Å². The van der Waals surface area contributed by atoms with Crippen molar-refractivity contribution in [2.45, 2.75) is 51.0 Å². The Labute approximate surface area is 198 Å². The Balaban J connectivity index is 1.18. The summed E-state index contributed by atoms with van der Waals surface area (Å²) in [5, 5.41) is 9.09. The number of rotatable bonds is 6. The standard InChI is InChI=1S/C23H30ClN5O2S/c24-17-6-9-20(10-7-17)28-12-14-29(15-13-28)21(30)11-8-19-16-32-23(26-19)27-22(31)25-18-4-2-1-3-5-18/h6-7,9-10,16,18H,1-5,8,11-15H2,(H2,25,26,27,31). The van der Waals surface area contributed by atoms with Gasteiger partial charge in [0.2, 0.25) is 5.91 Å². The van der Waals surface area contributed by atoms with E-state index in [-0.39, 0.29) is 18.0 Å². The number of nitrogens with zero attached hydrogens (tertiary/aromatic N) is 3. The van der Waals surface area contributed by atoms with Crippen LogP contribution in [0.2, 0.25) is 5.02 Å². The summed E-state index contributed by atoms with van der Waals surface area (Å²) in [6.45, 7) is 3.06. The maximum absolute atomic E-state index is 12.7. The Hall–Kier alpha value is -2.32. The van der Waals surface area contributed by atoms with E-state index in [0.29, 0.717) is 31.1 Å². The second kappa shape index (κ2) is 11.0. The monoisotopic (exact) mass is 475 g/mol. The summed E-state index contributed by atoms with van der Waals surface area (Å²) in [4.78, 5) is 33.5. The lowest BCUT2D eigenvalue weighted by Crippen LogP contribution is -2.48. The number of aryl methyl sites for hydroxylation is 1. The van der Waals surface area contributed by atoms with Gasteiger partial charge in [-0.1, -0.05) is 30.9 Å². The Morgan fingerprint density at radius 2 is 1.78 bits per heavy atom. The molecule has 1 aliphatic carbocycles. The largest absolute Gasteiger partial charge is 0.368 e. The predicted molar refractivity (Wildman–Crippen MR) is 130 cm³/mol. The first-order chi connectivity index (χ1) is 15.6. The van der Waals surface area contributed by atoms with E-state index in [1.807, 2.05) is 34.5 Å². The average Bonchev–Trinajstić information content (AvgIpc) is 3.26. The molecule has 2 fully saturated rings. The van der Waals surface area contributed by atoms with Crippen molar-refractivity contribution in [3.63, 3.8) is 0 Å². The van der Waals surface area contributed by atoms with Gasteiger partial charge in [0.15, 0.2) is 5.13 Å². The molecule has 2 N–H and O–H groups in total. The number of piperazine rings is 1. The molecule has 9 heteroatoms. The first-order valence-corrected chi connectivity index (χ1v) is 12.6. The van der Waals surface area contributed by atoms with Gasteiger partial charge in [0, 0.05) is 54.7 Å². The molecule has 1 aliphatic heterocycles. The second-order valence-corrected chi connectivity index (χ2v) is 9.72. The third-order valence-electron chi connectivity index (χ3n) is 6.13. The number of thiazole rings is 1. The number of urea groups is 1. The highest BCUT2D eigenvalue weighted by molar-refractivity contribution is 7.13. The van der Waals surface area contributed by atoms with E-state index in [1.54, 1.807) is 0 Å². The van der Waals surface area contributed by atoms with Crippen molar-refractivity contribution in [1.29, 1.82) is 0 Å². The van der Waals surface area contributed by atoms with Crippen LogP contribution in [0.1, 0.15) is 44.2 Å². The van der Waals surface area contributed by atoms with E-state index in [0.717, 1.165) is 42.3 Å². The molecule has 0 unspecified atom stereocenters. The van der Waals surface area contributed by atoms with Crippen LogP contribution >= 0.6 is 22.9 Å². The molecule has 2 heterocycles. The van der Waals surface area contributed by atoms with Crippen LogP contribution in [-0.2, 0) is 11.2 Å². The van der Waals surface area contributed by atoms with E-state index >= 15 is 0 Å². The zero-order valence-corrected chi connectivity index (χ0v) is 19.8. The molecule has 1 aromatic heterocycles. The fourth-order valence-electron chi connectivity index (χ4n) is 4.30. The van der Waals surface area contributed by atoms with E-state index in [1.165, 1.54) is 30.6 Å². The van der Waals surface area contributed by atoms with Gasteiger partial charge < -0.3 is 15.1 Å². The predicted octanol–water partition coefficient (Wildman–Crippen LogP) is 4.53. The summed E-state index contributed by atoms with van der Waals surface area (Å²) in [5.74, 6) is 0.151. The number of carbonyl (C=O) groups is 2. The van der Waals surface area contributed by atoms with Gasteiger partial charge in [0.05, 0.1) is 5.69 Å². The molecule has 3 amide bonds. The van der Waals surface area contributed by atoms with Gasteiger partial charge in [-0.25, -0.2) is 9.78 Å². The number of nitrogens with one attached hydrogen (secondary N) is 2. The zero-order valence-electron chi connectivity index (χ0n) is 18.2. The van der Waals surface area contributed by atoms with Crippen molar-refractivity contribution in [2.24, 2.45) is 0 Å². The molecule has 0 spiro atoms. The third-order valence-corrected chi connectivity index (χ3v) is 7.19. The molecule has 2 aliphatic rings. The number of benzene rings is 1. The maximum Gasteiger partial charge on any atom is 0.321 e. The summed E-state index contributed by atoms with van der Waals surface area (Å²) < 4.78 is 0. The Morgan fingerprint density at radius 1 is 1.06 bits per heavy atom. The molecule has 32 heavy (non-hydrogen) atoms. The number of halogens is 1. The number of hydrogen-bond acceptors (Lipinski definition) is 5. The summed E-state index contributed by atoms with van der Waals surface area (Å²) >= 11 is 7.37. The zero-order chi connectivity index (χ0) is 22.3. The summed E-state index contributed by atoms with van der Waals surface area (Å²) in [6, 6.07) is 7.90. The van der Waals surface area contributed by atoms with Crippen LogP contribution in [0, 0.1) is 0 Å². The van der Waals surface area contributed by atoms with E-state index in [4.69, 9.17) is 11.6 Å². The molecule has 1 aromatic carbocycles. The average molecular weight is 476 g/mol. The third kappa shape index (κ3) is 6.36. The molecular formula is C23H30ClN5O2S. The minimum absolute atomic E-state index is 0.151. The molecule has 0 atom stereocenters. The molecule has 2 aromatic rings. The van der Waals surface area contributed by atoms with E-state index in [2.05, 4.69) is 20.5 Å². The van der Waals surface area contributed by atoms with Crippen LogP contribution < -0.4 is 15.5 Å².